The number of para-hydroxylation sites is 2. The Labute approximate surface area is 185 Å². The van der Waals surface area contributed by atoms with Crippen molar-refractivity contribution in [1.29, 1.82) is 0 Å². The van der Waals surface area contributed by atoms with Gasteiger partial charge in [0.25, 0.3) is 5.91 Å². The molecular formula is C22H15ClFN5OS. The van der Waals surface area contributed by atoms with Gasteiger partial charge in [-0.1, -0.05) is 29.8 Å². The fourth-order valence-electron chi connectivity index (χ4n) is 3.44. The van der Waals surface area contributed by atoms with E-state index in [1.165, 1.54) is 18.2 Å². The van der Waals surface area contributed by atoms with Crippen molar-refractivity contribution in [3.05, 3.63) is 81.3 Å². The molecule has 0 atom stereocenters. The molecule has 9 heteroatoms. The third kappa shape index (κ3) is 3.39. The Kier molecular flexibility index (Phi) is 4.80. The van der Waals surface area contributed by atoms with Crippen molar-refractivity contribution in [3.8, 4) is 5.69 Å². The van der Waals surface area contributed by atoms with Crippen LogP contribution in [0, 0.1) is 5.82 Å². The molecule has 0 spiro atoms. The van der Waals surface area contributed by atoms with Crippen LogP contribution in [0.2, 0.25) is 5.02 Å². The molecule has 0 fully saturated rings. The molecule has 0 radical (unpaired) electrons. The molecule has 0 saturated heterocycles. The molecule has 3 aromatic heterocycles. The van der Waals surface area contributed by atoms with Crippen LogP contribution in [0.1, 0.15) is 15.2 Å². The van der Waals surface area contributed by atoms with Crippen molar-refractivity contribution >= 4 is 56.9 Å². The standard InChI is InChI=1S/C22H15ClFN5OS/c23-14-10-12(7-8-15(14)24)29-20(25)18(22(30)26-11-13-4-3-9-31-13)19-21(29)28-17-6-2-1-5-16(17)27-19/h1-10H,11,25H2,(H,26,30). The minimum atomic E-state index is -0.550. The van der Waals surface area contributed by atoms with Gasteiger partial charge in [0.05, 0.1) is 28.3 Å². The van der Waals surface area contributed by atoms with Gasteiger partial charge in [0.1, 0.15) is 22.7 Å². The first-order chi connectivity index (χ1) is 15.0. The van der Waals surface area contributed by atoms with Gasteiger partial charge in [-0.25, -0.2) is 14.4 Å². The highest BCUT2D eigenvalue weighted by Gasteiger charge is 2.25. The maximum Gasteiger partial charge on any atom is 0.257 e. The first-order valence-electron chi connectivity index (χ1n) is 9.35. The molecule has 6 nitrogen and oxygen atoms in total. The number of benzene rings is 2. The SMILES string of the molecule is Nc1c(C(=O)NCc2cccs2)c2nc3ccccc3nc2n1-c1ccc(F)c(Cl)c1. The van der Waals surface area contributed by atoms with Crippen molar-refractivity contribution in [2.24, 2.45) is 0 Å². The summed E-state index contributed by atoms with van der Waals surface area (Å²) in [6.45, 7) is 0.367. The lowest BCUT2D eigenvalue weighted by atomic mass is 10.2. The number of carbonyl (C=O) groups is 1. The summed E-state index contributed by atoms with van der Waals surface area (Å²) in [4.78, 5) is 23.5. The van der Waals surface area contributed by atoms with E-state index in [4.69, 9.17) is 17.3 Å². The minimum absolute atomic E-state index is 0.0591. The predicted molar refractivity (Wildman–Crippen MR) is 121 cm³/mol. The molecule has 2 aromatic carbocycles. The van der Waals surface area contributed by atoms with Gasteiger partial charge in [-0.05, 0) is 41.8 Å². The first-order valence-corrected chi connectivity index (χ1v) is 10.6. The third-order valence-electron chi connectivity index (χ3n) is 4.89. The van der Waals surface area contributed by atoms with Gasteiger partial charge in [0.15, 0.2) is 5.65 Å². The Bertz CT molecular complexity index is 1450. The lowest BCUT2D eigenvalue weighted by molar-refractivity contribution is 0.0953. The molecule has 31 heavy (non-hydrogen) atoms. The van der Waals surface area contributed by atoms with Crippen LogP contribution in [-0.2, 0) is 6.54 Å². The number of thiophene rings is 1. The van der Waals surface area contributed by atoms with Crippen LogP contribution in [0.4, 0.5) is 10.2 Å². The van der Waals surface area contributed by atoms with E-state index < -0.39 is 5.82 Å². The van der Waals surface area contributed by atoms with Crippen molar-refractivity contribution in [2.75, 3.05) is 5.73 Å². The second-order valence-electron chi connectivity index (χ2n) is 6.84. The molecule has 0 aliphatic carbocycles. The highest BCUT2D eigenvalue weighted by atomic mass is 35.5. The van der Waals surface area contributed by atoms with Crippen LogP contribution in [0.25, 0.3) is 27.9 Å². The number of nitrogens with zero attached hydrogens (tertiary/aromatic N) is 3. The molecule has 0 bridgehead atoms. The quantitative estimate of drug-likeness (QED) is 0.405. The maximum absolute atomic E-state index is 13.7. The van der Waals surface area contributed by atoms with Crippen molar-refractivity contribution in [2.45, 2.75) is 6.54 Å². The van der Waals surface area contributed by atoms with Crippen LogP contribution in [-0.4, -0.2) is 20.4 Å². The van der Waals surface area contributed by atoms with E-state index in [9.17, 15) is 9.18 Å². The number of hydrogen-bond acceptors (Lipinski definition) is 5. The van der Waals surface area contributed by atoms with Gasteiger partial charge in [0, 0.05) is 4.88 Å². The molecule has 3 N–H and O–H groups in total. The van der Waals surface area contributed by atoms with Crippen molar-refractivity contribution in [1.82, 2.24) is 19.9 Å². The largest absolute Gasteiger partial charge is 0.384 e. The van der Waals surface area contributed by atoms with Crippen molar-refractivity contribution < 1.29 is 9.18 Å². The molecule has 0 unspecified atom stereocenters. The van der Waals surface area contributed by atoms with Gasteiger partial charge in [-0.3, -0.25) is 9.36 Å². The number of amides is 1. The zero-order valence-electron chi connectivity index (χ0n) is 16.0. The van der Waals surface area contributed by atoms with E-state index in [0.29, 0.717) is 34.4 Å². The van der Waals surface area contributed by atoms with E-state index in [1.54, 1.807) is 15.9 Å². The molecule has 0 saturated carbocycles. The number of nitrogen functional groups attached to an aromatic ring is 1. The van der Waals surface area contributed by atoms with Crippen LogP contribution in [0.15, 0.2) is 60.0 Å². The molecule has 0 aliphatic rings. The summed E-state index contributed by atoms with van der Waals surface area (Å²) in [7, 11) is 0. The number of aromatic nitrogens is 3. The summed E-state index contributed by atoms with van der Waals surface area (Å²) in [6.07, 6.45) is 0. The lowest BCUT2D eigenvalue weighted by Gasteiger charge is -2.09. The van der Waals surface area contributed by atoms with Crippen LogP contribution >= 0.6 is 22.9 Å². The van der Waals surface area contributed by atoms with Crippen LogP contribution in [0.3, 0.4) is 0 Å². The Morgan fingerprint density at radius 2 is 1.90 bits per heavy atom. The molecule has 5 rings (SSSR count). The summed E-state index contributed by atoms with van der Waals surface area (Å²) in [6, 6.07) is 15.4. The Hall–Kier alpha value is -3.49. The Morgan fingerprint density at radius 1 is 1.13 bits per heavy atom. The fraction of sp³-hybridized carbons (Fsp3) is 0.0455. The molecule has 0 aliphatic heterocycles. The minimum Gasteiger partial charge on any atom is -0.384 e. The number of fused-ring (bicyclic) bond motifs is 2. The third-order valence-corrected chi connectivity index (χ3v) is 6.06. The van der Waals surface area contributed by atoms with Gasteiger partial charge in [-0.15, -0.1) is 11.3 Å². The highest BCUT2D eigenvalue weighted by Crippen LogP contribution is 2.32. The molecule has 3 heterocycles. The molecule has 1 amide bonds. The highest BCUT2D eigenvalue weighted by molar-refractivity contribution is 7.09. The molecule has 154 valence electrons. The number of nitrogens with one attached hydrogen (secondary N) is 1. The van der Waals surface area contributed by atoms with Gasteiger partial charge >= 0.3 is 0 Å². The topological polar surface area (TPSA) is 85.8 Å². The Balaban J connectivity index is 1.72. The van der Waals surface area contributed by atoms with E-state index in [-0.39, 0.29) is 22.3 Å². The second kappa shape index (κ2) is 7.64. The van der Waals surface area contributed by atoms with E-state index in [0.717, 1.165) is 4.88 Å². The average Bonchev–Trinajstić information content (AvgIpc) is 3.38. The lowest BCUT2D eigenvalue weighted by Crippen LogP contribution is -2.23. The number of nitrogens with two attached hydrogens (primary N) is 1. The van der Waals surface area contributed by atoms with E-state index in [1.807, 2.05) is 41.8 Å². The second-order valence-corrected chi connectivity index (χ2v) is 8.28. The molecular weight excluding hydrogens is 437 g/mol. The van der Waals surface area contributed by atoms with Gasteiger partial charge < -0.3 is 11.1 Å². The normalized spacial score (nSPS) is 11.3. The number of halogens is 2. The summed E-state index contributed by atoms with van der Waals surface area (Å²) >= 11 is 7.54. The van der Waals surface area contributed by atoms with Crippen molar-refractivity contribution in [3.63, 3.8) is 0 Å². The summed E-state index contributed by atoms with van der Waals surface area (Å²) < 4.78 is 15.3. The van der Waals surface area contributed by atoms with Crippen LogP contribution < -0.4 is 11.1 Å². The number of anilines is 1. The Morgan fingerprint density at radius 3 is 2.61 bits per heavy atom. The monoisotopic (exact) mass is 451 g/mol. The summed E-state index contributed by atoms with van der Waals surface area (Å²) in [5, 5.41) is 4.77. The zero-order chi connectivity index (χ0) is 21.5. The first kappa shape index (κ1) is 19.5. The molecule has 5 aromatic rings. The average molecular weight is 452 g/mol. The number of hydrogen-bond donors (Lipinski definition) is 2. The summed E-state index contributed by atoms with van der Waals surface area (Å²) in [5.41, 5.74) is 9.16. The number of carbonyl (C=O) groups excluding carboxylic acids is 1. The van der Waals surface area contributed by atoms with Crippen LogP contribution in [0.5, 0.6) is 0 Å². The van der Waals surface area contributed by atoms with E-state index >= 15 is 0 Å². The summed E-state index contributed by atoms with van der Waals surface area (Å²) in [5.74, 6) is -0.769. The van der Waals surface area contributed by atoms with Gasteiger partial charge in [0.2, 0.25) is 0 Å². The number of rotatable bonds is 4. The predicted octanol–water partition coefficient (Wildman–Crippen LogP) is 4.94. The zero-order valence-corrected chi connectivity index (χ0v) is 17.5. The van der Waals surface area contributed by atoms with E-state index in [2.05, 4.69) is 15.3 Å². The maximum atomic E-state index is 13.7. The van der Waals surface area contributed by atoms with Gasteiger partial charge in [-0.2, -0.15) is 0 Å². The smallest absolute Gasteiger partial charge is 0.257 e. The fourth-order valence-corrected chi connectivity index (χ4v) is 4.26.